The normalized spacial score (nSPS) is 35.9. The molecule has 1 aliphatic carbocycles. The van der Waals surface area contributed by atoms with Crippen LogP contribution in [0.3, 0.4) is 0 Å². The molecule has 1 heterocycles. The lowest BCUT2D eigenvalue weighted by atomic mass is 10.1. The summed E-state index contributed by atoms with van der Waals surface area (Å²) in [6.07, 6.45) is 3.49. The monoisotopic (exact) mass is 279 g/mol. The van der Waals surface area contributed by atoms with Crippen molar-refractivity contribution in [1.29, 1.82) is 0 Å². The van der Waals surface area contributed by atoms with Crippen molar-refractivity contribution in [3.05, 3.63) is 0 Å². The second kappa shape index (κ2) is 5.14. The molecular weight excluding hydrogens is 262 g/mol. The van der Waals surface area contributed by atoms with Crippen molar-refractivity contribution in [1.82, 2.24) is 5.32 Å². The van der Waals surface area contributed by atoms with E-state index in [4.69, 9.17) is 11.6 Å². The van der Waals surface area contributed by atoms with E-state index in [9.17, 15) is 13.2 Å². The quantitative estimate of drug-likeness (QED) is 0.782. The van der Waals surface area contributed by atoms with E-state index in [1.807, 2.05) is 0 Å². The fraction of sp³-hybridized carbons (Fsp3) is 0.909. The third kappa shape index (κ3) is 3.58. The van der Waals surface area contributed by atoms with Gasteiger partial charge in [-0.1, -0.05) is 0 Å². The van der Waals surface area contributed by atoms with Gasteiger partial charge >= 0.3 is 0 Å². The number of hydrogen-bond acceptors (Lipinski definition) is 3. The third-order valence-corrected chi connectivity index (χ3v) is 5.81. The number of carbonyl (C=O) groups excluding carboxylic acids is 1. The van der Waals surface area contributed by atoms with Gasteiger partial charge in [0.15, 0.2) is 9.84 Å². The van der Waals surface area contributed by atoms with Gasteiger partial charge in [-0.25, -0.2) is 8.42 Å². The van der Waals surface area contributed by atoms with Gasteiger partial charge in [0.25, 0.3) is 0 Å². The molecule has 2 rings (SSSR count). The molecule has 0 aromatic carbocycles. The fourth-order valence-electron chi connectivity index (χ4n) is 2.59. The molecule has 1 saturated heterocycles. The lowest BCUT2D eigenvalue weighted by molar-refractivity contribution is -0.124. The van der Waals surface area contributed by atoms with Gasteiger partial charge in [0.05, 0.1) is 17.4 Å². The Morgan fingerprint density at radius 2 is 2.06 bits per heavy atom. The summed E-state index contributed by atoms with van der Waals surface area (Å²) in [4.78, 5) is 11.8. The van der Waals surface area contributed by atoms with Crippen LogP contribution in [0.2, 0.25) is 0 Å². The maximum Gasteiger partial charge on any atom is 0.224 e. The summed E-state index contributed by atoms with van der Waals surface area (Å²) >= 11 is 5.99. The van der Waals surface area contributed by atoms with E-state index in [1.54, 1.807) is 0 Å². The predicted octanol–water partition coefficient (Wildman–Crippen LogP) is 0.945. The first-order valence-corrected chi connectivity index (χ1v) is 8.34. The molecule has 1 amide bonds. The van der Waals surface area contributed by atoms with Crippen LogP contribution in [0.25, 0.3) is 0 Å². The summed E-state index contributed by atoms with van der Waals surface area (Å²) in [5, 5.41) is 3.10. The number of hydrogen-bond donors (Lipinski definition) is 1. The second-order valence-corrected chi connectivity index (χ2v) is 7.97. The van der Waals surface area contributed by atoms with Crippen molar-refractivity contribution in [2.45, 2.75) is 31.1 Å². The zero-order chi connectivity index (χ0) is 12.5. The number of nitrogens with one attached hydrogen (secondary N) is 1. The van der Waals surface area contributed by atoms with Gasteiger partial charge in [-0.3, -0.25) is 4.79 Å². The minimum Gasteiger partial charge on any atom is -0.356 e. The number of carbonyl (C=O) groups is 1. The Kier molecular flexibility index (Phi) is 3.98. The Bertz CT molecular complexity index is 396. The van der Waals surface area contributed by atoms with Crippen LogP contribution in [0.5, 0.6) is 0 Å². The highest BCUT2D eigenvalue weighted by molar-refractivity contribution is 7.91. The topological polar surface area (TPSA) is 63.2 Å². The number of amides is 1. The highest BCUT2D eigenvalue weighted by Crippen LogP contribution is 2.29. The van der Waals surface area contributed by atoms with Crippen molar-refractivity contribution >= 4 is 27.3 Å². The van der Waals surface area contributed by atoms with Crippen LogP contribution in [-0.4, -0.2) is 37.8 Å². The molecule has 2 aliphatic rings. The van der Waals surface area contributed by atoms with Crippen LogP contribution in [0, 0.1) is 11.8 Å². The molecule has 3 atom stereocenters. The Labute approximate surface area is 107 Å². The molecule has 0 radical (unpaired) electrons. The molecule has 0 bridgehead atoms. The van der Waals surface area contributed by atoms with Crippen LogP contribution in [0.15, 0.2) is 0 Å². The minimum absolute atomic E-state index is 0.0155. The van der Waals surface area contributed by atoms with E-state index in [2.05, 4.69) is 5.32 Å². The average Bonchev–Trinajstić information content (AvgIpc) is 2.81. The maximum atomic E-state index is 11.8. The number of sulfone groups is 1. The first kappa shape index (κ1) is 13.1. The van der Waals surface area contributed by atoms with Crippen molar-refractivity contribution < 1.29 is 13.2 Å². The molecule has 6 heteroatoms. The standard InChI is InChI=1S/C11H18ClNO3S/c12-10-2-1-8(5-10)6-13-11(14)9-3-4-17(15,16)7-9/h8-10H,1-7H2,(H,13,14). The molecule has 0 spiro atoms. The van der Waals surface area contributed by atoms with Gasteiger partial charge in [0, 0.05) is 11.9 Å². The number of alkyl halides is 1. The highest BCUT2D eigenvalue weighted by atomic mass is 35.5. The van der Waals surface area contributed by atoms with E-state index < -0.39 is 9.84 Å². The van der Waals surface area contributed by atoms with Crippen LogP contribution >= 0.6 is 11.6 Å². The molecule has 0 aromatic rings. The van der Waals surface area contributed by atoms with Crippen molar-refractivity contribution in [3.63, 3.8) is 0 Å². The van der Waals surface area contributed by atoms with Gasteiger partial charge in [0.2, 0.25) is 5.91 Å². The lowest BCUT2D eigenvalue weighted by Crippen LogP contribution is -2.34. The summed E-state index contributed by atoms with van der Waals surface area (Å²) in [5.74, 6) is 0.177. The SMILES string of the molecule is O=C(NCC1CCC(Cl)C1)C1CCS(=O)(=O)C1. The van der Waals surface area contributed by atoms with Crippen LogP contribution in [-0.2, 0) is 14.6 Å². The van der Waals surface area contributed by atoms with Crippen molar-refractivity contribution in [3.8, 4) is 0 Å². The Hall–Kier alpha value is -0.290. The second-order valence-electron chi connectivity index (χ2n) is 5.12. The van der Waals surface area contributed by atoms with E-state index in [0.717, 1.165) is 19.3 Å². The molecule has 3 unspecified atom stereocenters. The Balaban J connectivity index is 1.75. The highest BCUT2D eigenvalue weighted by Gasteiger charge is 2.33. The summed E-state index contributed by atoms with van der Waals surface area (Å²) in [5.41, 5.74) is 0. The molecule has 0 aromatic heterocycles. The van der Waals surface area contributed by atoms with Crippen molar-refractivity contribution in [2.24, 2.45) is 11.8 Å². The van der Waals surface area contributed by atoms with Gasteiger partial charge in [-0.05, 0) is 31.6 Å². The Morgan fingerprint density at radius 3 is 2.59 bits per heavy atom. The van der Waals surface area contributed by atoms with E-state index in [-0.39, 0.29) is 28.7 Å². The summed E-state index contributed by atoms with van der Waals surface area (Å²) in [7, 11) is -2.97. The summed E-state index contributed by atoms with van der Waals surface area (Å²) < 4.78 is 22.5. The van der Waals surface area contributed by atoms with Crippen LogP contribution in [0.4, 0.5) is 0 Å². The molecular formula is C11H18ClNO3S. The Morgan fingerprint density at radius 1 is 1.29 bits per heavy atom. The first-order chi connectivity index (χ1) is 7.96. The van der Waals surface area contributed by atoms with Gasteiger partial charge < -0.3 is 5.32 Å². The fourth-order valence-corrected chi connectivity index (χ4v) is 4.71. The third-order valence-electron chi connectivity index (χ3n) is 3.65. The van der Waals surface area contributed by atoms with E-state index in [0.29, 0.717) is 18.9 Å². The molecule has 2 fully saturated rings. The molecule has 1 aliphatic heterocycles. The lowest BCUT2D eigenvalue weighted by Gasteiger charge is -2.13. The number of rotatable bonds is 3. The predicted molar refractivity (Wildman–Crippen MR) is 66.8 cm³/mol. The zero-order valence-corrected chi connectivity index (χ0v) is 11.3. The van der Waals surface area contributed by atoms with E-state index in [1.165, 1.54) is 0 Å². The van der Waals surface area contributed by atoms with Crippen LogP contribution in [0.1, 0.15) is 25.7 Å². The maximum absolute atomic E-state index is 11.8. The summed E-state index contributed by atoms with van der Waals surface area (Å²) in [6, 6.07) is 0. The smallest absolute Gasteiger partial charge is 0.224 e. The van der Waals surface area contributed by atoms with Gasteiger partial charge in [0.1, 0.15) is 0 Å². The van der Waals surface area contributed by atoms with Gasteiger partial charge in [-0.15, -0.1) is 11.6 Å². The first-order valence-electron chi connectivity index (χ1n) is 6.08. The molecule has 1 N–H and O–H groups in total. The zero-order valence-electron chi connectivity index (χ0n) is 9.69. The van der Waals surface area contributed by atoms with E-state index >= 15 is 0 Å². The molecule has 98 valence electrons. The van der Waals surface area contributed by atoms with Gasteiger partial charge in [-0.2, -0.15) is 0 Å². The summed E-state index contributed by atoms with van der Waals surface area (Å²) in [6.45, 7) is 0.638. The van der Waals surface area contributed by atoms with Crippen LogP contribution < -0.4 is 5.32 Å². The minimum atomic E-state index is -2.97. The molecule has 17 heavy (non-hydrogen) atoms. The average molecular weight is 280 g/mol. The van der Waals surface area contributed by atoms with Crippen molar-refractivity contribution in [2.75, 3.05) is 18.1 Å². The molecule has 1 saturated carbocycles. The molecule has 4 nitrogen and oxygen atoms in total. The largest absolute Gasteiger partial charge is 0.356 e. The number of halogens is 1.